The summed E-state index contributed by atoms with van der Waals surface area (Å²) in [5, 5.41) is 6.72. The number of nitrogens with one attached hydrogen (secondary N) is 1. The largest absolute Gasteiger partial charge is 0.441 e. The number of rotatable bonds is 6. The van der Waals surface area contributed by atoms with E-state index in [4.69, 9.17) is 16.7 Å². The quantitative estimate of drug-likeness (QED) is 0.280. The minimum absolute atomic E-state index is 0.0591. The van der Waals surface area contributed by atoms with Crippen molar-refractivity contribution in [3.05, 3.63) is 95.0 Å². The van der Waals surface area contributed by atoms with Crippen molar-refractivity contribution in [3.8, 4) is 0 Å². The molecule has 3 aromatic rings. The molecule has 0 spiro atoms. The van der Waals surface area contributed by atoms with Gasteiger partial charge in [-0.1, -0.05) is 64.9 Å². The molecule has 1 heterocycles. The molecule has 188 valence electrons. The molecule has 0 aromatic heterocycles. The van der Waals surface area contributed by atoms with E-state index in [2.05, 4.69) is 18.3 Å². The lowest BCUT2D eigenvalue weighted by Gasteiger charge is -2.19. The smallest absolute Gasteiger partial charge is 0.264 e. The molecule has 4 rings (SSSR count). The van der Waals surface area contributed by atoms with Crippen LogP contribution in [0.5, 0.6) is 0 Å². The highest BCUT2D eigenvalue weighted by atomic mass is 35.5. The van der Waals surface area contributed by atoms with Gasteiger partial charge in [0.25, 0.3) is 10.0 Å². The van der Waals surface area contributed by atoms with Crippen LogP contribution in [-0.4, -0.2) is 45.8 Å². The molecule has 1 N–H and O–H groups in total. The van der Waals surface area contributed by atoms with E-state index in [9.17, 15) is 12.6 Å². The molecule has 1 unspecified atom stereocenters. The second kappa shape index (κ2) is 11.2. The van der Waals surface area contributed by atoms with Gasteiger partial charge in [0.2, 0.25) is 5.96 Å². The van der Waals surface area contributed by atoms with Gasteiger partial charge in [0.1, 0.15) is 0 Å². The summed E-state index contributed by atoms with van der Waals surface area (Å²) in [7, 11) is -2.87. The van der Waals surface area contributed by atoms with Crippen LogP contribution in [0.15, 0.2) is 98.2 Å². The first-order chi connectivity index (χ1) is 17.3. The zero-order valence-corrected chi connectivity index (χ0v) is 21.8. The maximum Gasteiger partial charge on any atom is 0.264 e. The summed E-state index contributed by atoms with van der Waals surface area (Å²) >= 11 is 5.90. The Bertz CT molecular complexity index is 1470. The summed E-state index contributed by atoms with van der Waals surface area (Å²) in [6.45, 7) is 0.370. The van der Waals surface area contributed by atoms with Gasteiger partial charge in [0.15, 0.2) is 0 Å². The number of guanidine groups is 1. The molecule has 9 nitrogen and oxygen atoms in total. The van der Waals surface area contributed by atoms with E-state index in [0.29, 0.717) is 17.3 Å². The summed E-state index contributed by atoms with van der Waals surface area (Å²) in [4.78, 5) is 4.23. The average Bonchev–Trinajstić information content (AvgIpc) is 3.34. The first-order valence-corrected chi connectivity index (χ1v) is 13.6. The van der Waals surface area contributed by atoms with E-state index < -0.39 is 20.9 Å². The fraction of sp³-hybridized carbons (Fsp3) is 0.167. The van der Waals surface area contributed by atoms with Crippen LogP contribution in [0.4, 0.5) is 5.69 Å². The Hall–Kier alpha value is -3.25. The number of hydrazone groups is 1. The SMILES string of the molecule is CN=C(NS(=O)(=O)c1ccc(Cl)cc1)N1CC(c2ccccc2)C(c2ccc(N=[S-](=O)OC)cc2)=N1. The summed E-state index contributed by atoms with van der Waals surface area (Å²) in [5.74, 6) is -0.0677. The summed E-state index contributed by atoms with van der Waals surface area (Å²) in [5.41, 5.74) is 3.05. The van der Waals surface area contributed by atoms with E-state index in [0.717, 1.165) is 16.8 Å². The lowest BCUT2D eigenvalue weighted by molar-refractivity contribution is 0.438. The fourth-order valence-electron chi connectivity index (χ4n) is 3.66. The van der Waals surface area contributed by atoms with Crippen LogP contribution in [-0.2, 0) is 29.3 Å². The van der Waals surface area contributed by atoms with Gasteiger partial charge in [-0.15, -0.1) is 0 Å². The third-order valence-electron chi connectivity index (χ3n) is 5.41. The fourth-order valence-corrected chi connectivity index (χ4v) is 5.21. The molecule has 3 aromatic carbocycles. The highest BCUT2D eigenvalue weighted by molar-refractivity contribution is 7.90. The predicted octanol–water partition coefficient (Wildman–Crippen LogP) is 4.45. The third kappa shape index (κ3) is 5.93. The van der Waals surface area contributed by atoms with E-state index in [1.807, 2.05) is 42.5 Å². The van der Waals surface area contributed by atoms with Gasteiger partial charge < -0.3 is 12.8 Å². The van der Waals surface area contributed by atoms with Crippen LogP contribution in [0.2, 0.25) is 5.02 Å². The van der Waals surface area contributed by atoms with Gasteiger partial charge in [-0.05, 0) is 47.5 Å². The van der Waals surface area contributed by atoms with Crippen molar-refractivity contribution in [1.29, 1.82) is 0 Å². The molecule has 0 fully saturated rings. The standard InChI is InChI=1S/C24H23ClN5O4S2/c1-26-24(29-36(32,33)21-14-10-19(25)11-15-21)30-16-22(17-6-4-3-5-7-17)23(27-30)18-8-12-20(13-9-18)28-35(31)34-2/h3-15,22H,16H2,1-2H3,(H,26,29)/q-1. The maximum absolute atomic E-state index is 13.0. The van der Waals surface area contributed by atoms with Gasteiger partial charge in [0, 0.05) is 30.8 Å². The van der Waals surface area contributed by atoms with E-state index in [1.54, 1.807) is 17.1 Å². The molecule has 0 amide bonds. The second-order valence-corrected chi connectivity index (χ2v) is 10.7. The summed E-state index contributed by atoms with van der Waals surface area (Å²) in [6, 6.07) is 22.8. The molecular weight excluding hydrogens is 522 g/mol. The number of halogens is 1. The van der Waals surface area contributed by atoms with Crippen molar-refractivity contribution in [2.24, 2.45) is 14.5 Å². The number of hydrogen-bond acceptors (Lipinski definition) is 8. The van der Waals surface area contributed by atoms with Crippen LogP contribution in [0.1, 0.15) is 17.0 Å². The van der Waals surface area contributed by atoms with Crippen LogP contribution in [0.3, 0.4) is 0 Å². The molecular formula is C24H23ClN5O4S2-. The normalized spacial score (nSPS) is 17.2. The first-order valence-electron chi connectivity index (χ1n) is 10.8. The molecule has 0 saturated heterocycles. The average molecular weight is 545 g/mol. The molecule has 0 aliphatic carbocycles. The van der Waals surface area contributed by atoms with Crippen molar-refractivity contribution in [2.75, 3.05) is 20.7 Å². The van der Waals surface area contributed by atoms with Crippen LogP contribution in [0, 0.1) is 0 Å². The molecule has 0 saturated carbocycles. The molecule has 1 aliphatic rings. The van der Waals surface area contributed by atoms with E-state index >= 15 is 0 Å². The lowest BCUT2D eigenvalue weighted by Crippen LogP contribution is -2.41. The van der Waals surface area contributed by atoms with Crippen molar-refractivity contribution in [2.45, 2.75) is 10.8 Å². The third-order valence-corrected chi connectivity index (χ3v) is 7.65. The van der Waals surface area contributed by atoms with E-state index in [1.165, 1.54) is 38.4 Å². The van der Waals surface area contributed by atoms with Crippen molar-refractivity contribution >= 4 is 49.9 Å². The Morgan fingerprint density at radius 1 is 1.08 bits per heavy atom. The van der Waals surface area contributed by atoms with Crippen molar-refractivity contribution in [1.82, 2.24) is 9.73 Å². The summed E-state index contributed by atoms with van der Waals surface area (Å²) < 4.78 is 48.7. The van der Waals surface area contributed by atoms with Crippen molar-refractivity contribution in [3.63, 3.8) is 0 Å². The maximum atomic E-state index is 13.0. The van der Waals surface area contributed by atoms with Gasteiger partial charge >= 0.3 is 0 Å². The highest BCUT2D eigenvalue weighted by Gasteiger charge is 2.32. The highest BCUT2D eigenvalue weighted by Crippen LogP contribution is 2.30. The molecule has 12 heteroatoms. The minimum atomic E-state index is -3.91. The van der Waals surface area contributed by atoms with E-state index in [-0.39, 0.29) is 16.8 Å². The number of hydrogen-bond donors (Lipinski definition) is 1. The van der Waals surface area contributed by atoms with Gasteiger partial charge in [0.05, 0.1) is 17.2 Å². The molecule has 1 atom stereocenters. The van der Waals surface area contributed by atoms with Crippen LogP contribution >= 0.6 is 11.6 Å². The predicted molar refractivity (Wildman–Crippen MR) is 141 cm³/mol. The second-order valence-electron chi connectivity index (χ2n) is 7.66. The molecule has 1 aliphatic heterocycles. The molecule has 36 heavy (non-hydrogen) atoms. The Kier molecular flexibility index (Phi) is 8.04. The minimum Gasteiger partial charge on any atom is -0.441 e. The van der Waals surface area contributed by atoms with Gasteiger partial charge in [-0.3, -0.25) is 4.99 Å². The van der Waals surface area contributed by atoms with Crippen molar-refractivity contribution < 1.29 is 16.8 Å². The Labute approximate surface area is 216 Å². The Balaban J connectivity index is 1.67. The number of nitrogens with zero attached hydrogens (tertiary/aromatic N) is 4. The number of aliphatic imine (C=N–C) groups is 1. The monoisotopic (exact) mass is 544 g/mol. The summed E-state index contributed by atoms with van der Waals surface area (Å²) in [6.07, 6.45) is 0. The topological polar surface area (TPSA) is 113 Å². The van der Waals surface area contributed by atoms with Gasteiger partial charge in [-0.2, -0.15) is 5.10 Å². The Morgan fingerprint density at radius 2 is 1.75 bits per heavy atom. The molecule has 0 radical (unpaired) electrons. The van der Waals surface area contributed by atoms with Crippen LogP contribution in [0.25, 0.3) is 0 Å². The molecule has 0 bridgehead atoms. The Morgan fingerprint density at radius 3 is 2.36 bits per heavy atom. The number of benzene rings is 3. The zero-order valence-electron chi connectivity index (χ0n) is 19.4. The number of sulfonamides is 1. The van der Waals surface area contributed by atoms with Crippen LogP contribution < -0.4 is 4.72 Å². The first kappa shape index (κ1) is 25.8. The van der Waals surface area contributed by atoms with Gasteiger partial charge in [-0.25, -0.2) is 18.1 Å². The lowest BCUT2D eigenvalue weighted by atomic mass is 9.90. The zero-order chi connectivity index (χ0) is 25.7.